The summed E-state index contributed by atoms with van der Waals surface area (Å²) in [7, 11) is 0. The molecule has 0 heterocycles. The number of ether oxygens (including phenoxy) is 1. The molecule has 0 radical (unpaired) electrons. The van der Waals surface area contributed by atoms with Crippen LogP contribution in [0.4, 0.5) is 10.5 Å². The number of anilines is 1. The highest BCUT2D eigenvalue weighted by atomic mass is 16.6. The Balaban J connectivity index is 2.15. The number of benzene rings is 3. The molecule has 0 spiro atoms. The first-order valence-electron chi connectivity index (χ1n) is 15.8. The molecule has 46 heavy (non-hydrogen) atoms. The fourth-order valence-corrected chi connectivity index (χ4v) is 5.28. The quantitative estimate of drug-likeness (QED) is 0.173. The Morgan fingerprint density at radius 3 is 2.22 bits per heavy atom. The summed E-state index contributed by atoms with van der Waals surface area (Å²) in [6.07, 6.45) is 0.129. The molecule has 0 bridgehead atoms. The van der Waals surface area contributed by atoms with Crippen LogP contribution in [0.2, 0.25) is 0 Å². The lowest BCUT2D eigenvalue weighted by Crippen LogP contribution is -2.55. The number of aromatic hydroxyl groups is 1. The van der Waals surface area contributed by atoms with Gasteiger partial charge in [-0.15, -0.1) is 0 Å². The minimum atomic E-state index is -1.29. The number of phenolic OH excluding ortho intramolecular Hbond substituents is 1. The van der Waals surface area contributed by atoms with Gasteiger partial charge in [0.15, 0.2) is 0 Å². The van der Waals surface area contributed by atoms with Gasteiger partial charge in [-0.2, -0.15) is 0 Å². The first kappa shape index (κ1) is 35.9. The third-order valence-electron chi connectivity index (χ3n) is 7.67. The average molecular weight is 633 g/mol. The minimum Gasteiger partial charge on any atom is -0.507 e. The molecule has 248 valence electrons. The zero-order valence-corrected chi connectivity index (χ0v) is 27.9. The smallest absolute Gasteiger partial charge is 0.408 e. The van der Waals surface area contributed by atoms with E-state index in [0.29, 0.717) is 23.6 Å². The summed E-state index contributed by atoms with van der Waals surface area (Å²) in [5.41, 5.74) is 5.87. The Kier molecular flexibility index (Phi) is 12.2. The average Bonchev–Trinajstić information content (AvgIpc) is 2.97. The van der Waals surface area contributed by atoms with E-state index in [0.717, 1.165) is 17.2 Å². The molecule has 0 aromatic heterocycles. The zero-order valence-electron chi connectivity index (χ0n) is 27.9. The van der Waals surface area contributed by atoms with Crippen LogP contribution in [0.25, 0.3) is 10.8 Å². The number of aryl methyl sites for hydroxylation is 1. The van der Waals surface area contributed by atoms with Crippen molar-refractivity contribution < 1.29 is 29.0 Å². The van der Waals surface area contributed by atoms with E-state index >= 15 is 0 Å². The number of hydrogen-bond acceptors (Lipinski definition) is 6. The van der Waals surface area contributed by atoms with Crippen LogP contribution in [0.1, 0.15) is 84.4 Å². The SMILES string of the molecule is Cc1cccc(C(C(=O)Nc2ccc3ccccc3c2)N(C(=O)C(CCC(N)=O)NC(=O)OC(C)(C)C)C(C)CCC(C)C)c1O. The van der Waals surface area contributed by atoms with E-state index in [1.165, 1.54) is 4.90 Å². The van der Waals surface area contributed by atoms with Crippen LogP contribution >= 0.6 is 0 Å². The number of carbonyl (C=O) groups is 4. The summed E-state index contributed by atoms with van der Waals surface area (Å²) in [4.78, 5) is 55.2. The minimum absolute atomic E-state index is 0.111. The molecule has 10 nitrogen and oxygen atoms in total. The van der Waals surface area contributed by atoms with E-state index in [1.807, 2.05) is 43.3 Å². The second-order valence-electron chi connectivity index (χ2n) is 13.2. The van der Waals surface area contributed by atoms with Gasteiger partial charge in [0.25, 0.3) is 5.91 Å². The fraction of sp³-hybridized carbons (Fsp3) is 0.444. The van der Waals surface area contributed by atoms with Crippen LogP contribution in [0.5, 0.6) is 5.75 Å². The van der Waals surface area contributed by atoms with Gasteiger partial charge in [-0.1, -0.05) is 62.4 Å². The van der Waals surface area contributed by atoms with Crippen LogP contribution in [0.3, 0.4) is 0 Å². The molecule has 0 fully saturated rings. The third-order valence-corrected chi connectivity index (χ3v) is 7.67. The lowest BCUT2D eigenvalue weighted by molar-refractivity contribution is -0.143. The van der Waals surface area contributed by atoms with Gasteiger partial charge in [-0.05, 0) is 88.3 Å². The van der Waals surface area contributed by atoms with Crippen molar-refractivity contribution in [3.8, 4) is 5.75 Å². The molecule has 4 amide bonds. The third kappa shape index (κ3) is 9.95. The van der Waals surface area contributed by atoms with Gasteiger partial charge in [-0.25, -0.2) is 4.79 Å². The monoisotopic (exact) mass is 632 g/mol. The molecule has 0 aliphatic rings. The van der Waals surface area contributed by atoms with Gasteiger partial charge in [0.05, 0.1) is 0 Å². The summed E-state index contributed by atoms with van der Waals surface area (Å²) in [5, 5.41) is 18.8. The fourth-order valence-electron chi connectivity index (χ4n) is 5.28. The van der Waals surface area contributed by atoms with Crippen molar-refractivity contribution in [3.05, 3.63) is 71.8 Å². The van der Waals surface area contributed by atoms with E-state index in [9.17, 15) is 24.3 Å². The molecule has 0 saturated carbocycles. The standard InChI is InChI=1S/C36H48N4O6/c1-22(2)15-16-24(4)40(34(44)29(19-20-30(37)41)39-35(45)46-36(5,6)7)31(28-14-10-11-23(3)32(28)42)33(43)38-27-18-17-25-12-8-9-13-26(25)21-27/h8-14,17-18,21-22,24,29,31,42H,15-16,19-20H2,1-7H3,(H2,37,41)(H,38,43)(H,39,45). The first-order valence-corrected chi connectivity index (χ1v) is 15.8. The lowest BCUT2D eigenvalue weighted by Gasteiger charge is -2.39. The Labute approximate surface area is 271 Å². The lowest BCUT2D eigenvalue weighted by atomic mass is 9.95. The number of para-hydroxylation sites is 1. The number of hydrogen-bond donors (Lipinski definition) is 4. The van der Waals surface area contributed by atoms with E-state index in [1.54, 1.807) is 52.0 Å². The van der Waals surface area contributed by atoms with Crippen LogP contribution in [0.15, 0.2) is 60.7 Å². The summed E-state index contributed by atoms with van der Waals surface area (Å²) in [6.45, 7) is 12.8. The highest BCUT2D eigenvalue weighted by molar-refractivity contribution is 6.01. The summed E-state index contributed by atoms with van der Waals surface area (Å²) in [5.74, 6) is -1.62. The van der Waals surface area contributed by atoms with Crippen LogP contribution in [-0.2, 0) is 19.1 Å². The first-order chi connectivity index (χ1) is 21.6. The summed E-state index contributed by atoms with van der Waals surface area (Å²) in [6, 6.07) is 15.2. The van der Waals surface area contributed by atoms with E-state index < -0.39 is 47.5 Å². The molecule has 3 aromatic carbocycles. The number of rotatable bonds is 13. The maximum absolute atomic E-state index is 14.6. The molecule has 3 rings (SSSR count). The van der Waals surface area contributed by atoms with Crippen molar-refractivity contribution in [2.45, 2.75) is 97.9 Å². The van der Waals surface area contributed by atoms with Crippen molar-refractivity contribution in [2.24, 2.45) is 11.7 Å². The summed E-state index contributed by atoms with van der Waals surface area (Å²) < 4.78 is 5.43. The maximum Gasteiger partial charge on any atom is 0.408 e. The van der Waals surface area contributed by atoms with Crippen molar-refractivity contribution in [2.75, 3.05) is 5.32 Å². The number of amides is 4. The Morgan fingerprint density at radius 2 is 1.59 bits per heavy atom. The number of nitrogens with one attached hydrogen (secondary N) is 2. The predicted octanol–water partition coefficient (Wildman–Crippen LogP) is 6.35. The molecule has 0 aliphatic heterocycles. The van der Waals surface area contributed by atoms with E-state index in [2.05, 4.69) is 24.5 Å². The van der Waals surface area contributed by atoms with Crippen LogP contribution in [0, 0.1) is 12.8 Å². The number of fused-ring (bicyclic) bond motifs is 1. The number of phenols is 1. The van der Waals surface area contributed by atoms with Crippen molar-refractivity contribution >= 4 is 40.3 Å². The molecular weight excluding hydrogens is 584 g/mol. The topological polar surface area (TPSA) is 151 Å². The molecule has 3 atom stereocenters. The Bertz CT molecular complexity index is 1550. The van der Waals surface area contributed by atoms with Gasteiger partial charge in [0.2, 0.25) is 11.8 Å². The highest BCUT2D eigenvalue weighted by Gasteiger charge is 2.40. The molecule has 5 N–H and O–H groups in total. The normalized spacial score (nSPS) is 13.5. The van der Waals surface area contributed by atoms with Crippen LogP contribution < -0.4 is 16.4 Å². The highest BCUT2D eigenvalue weighted by Crippen LogP contribution is 2.35. The number of nitrogens with zero attached hydrogens (tertiary/aromatic N) is 1. The van der Waals surface area contributed by atoms with Crippen molar-refractivity contribution in [1.29, 1.82) is 0 Å². The van der Waals surface area contributed by atoms with E-state index in [4.69, 9.17) is 10.5 Å². The van der Waals surface area contributed by atoms with Gasteiger partial charge >= 0.3 is 6.09 Å². The van der Waals surface area contributed by atoms with Crippen molar-refractivity contribution in [3.63, 3.8) is 0 Å². The maximum atomic E-state index is 14.6. The van der Waals surface area contributed by atoms with E-state index in [-0.39, 0.29) is 24.2 Å². The molecule has 0 saturated heterocycles. The number of carbonyl (C=O) groups excluding carboxylic acids is 4. The summed E-state index contributed by atoms with van der Waals surface area (Å²) >= 11 is 0. The second kappa shape index (κ2) is 15.6. The Morgan fingerprint density at radius 1 is 0.913 bits per heavy atom. The molecule has 0 aliphatic carbocycles. The zero-order chi connectivity index (χ0) is 34.2. The number of primary amides is 1. The Hall–Kier alpha value is -4.60. The molecule has 3 unspecified atom stereocenters. The van der Waals surface area contributed by atoms with Gasteiger partial charge in [-0.3, -0.25) is 14.4 Å². The number of nitrogens with two attached hydrogens (primary N) is 1. The molecule has 10 heteroatoms. The number of alkyl carbamates (subject to hydrolysis) is 1. The predicted molar refractivity (Wildman–Crippen MR) is 180 cm³/mol. The van der Waals surface area contributed by atoms with Gasteiger partial charge in [0, 0.05) is 23.7 Å². The van der Waals surface area contributed by atoms with Gasteiger partial charge < -0.3 is 31.1 Å². The van der Waals surface area contributed by atoms with Crippen molar-refractivity contribution in [1.82, 2.24) is 10.2 Å². The molecular formula is C36H48N4O6. The van der Waals surface area contributed by atoms with Crippen LogP contribution in [-0.4, -0.2) is 51.5 Å². The second-order valence-corrected chi connectivity index (χ2v) is 13.2. The van der Waals surface area contributed by atoms with Gasteiger partial charge in [0.1, 0.15) is 23.4 Å². The molecule has 3 aromatic rings. The largest absolute Gasteiger partial charge is 0.507 e.